The zero-order chi connectivity index (χ0) is 15.8. The van der Waals surface area contributed by atoms with E-state index in [4.69, 9.17) is 9.47 Å². The molecule has 1 rings (SSSR count). The van der Waals surface area contributed by atoms with Gasteiger partial charge in [0.25, 0.3) is 0 Å². The van der Waals surface area contributed by atoms with E-state index in [2.05, 4.69) is 5.32 Å². The first-order valence-corrected chi connectivity index (χ1v) is 6.78. The van der Waals surface area contributed by atoms with E-state index in [1.54, 1.807) is 57.2 Å². The lowest BCUT2D eigenvalue weighted by Crippen LogP contribution is -2.41. The van der Waals surface area contributed by atoms with Gasteiger partial charge in [0.2, 0.25) is 5.91 Å². The minimum Gasteiger partial charge on any atom is -0.497 e. The lowest BCUT2D eigenvalue weighted by Gasteiger charge is -2.22. The molecule has 1 aromatic carbocycles. The molecule has 0 fully saturated rings. The number of ether oxygens (including phenoxy) is 2. The van der Waals surface area contributed by atoms with Crippen LogP contribution < -0.4 is 10.1 Å². The molecule has 0 aromatic heterocycles. The number of nitrogens with one attached hydrogen (secondary N) is 1. The van der Waals surface area contributed by atoms with Crippen LogP contribution in [0.1, 0.15) is 13.8 Å². The molecular formula is C15H22N2O4. The highest BCUT2D eigenvalue weighted by atomic mass is 16.5. The number of carbonyl (C=O) groups excluding carboxylic acids is 2. The summed E-state index contributed by atoms with van der Waals surface area (Å²) in [4.78, 5) is 25.2. The molecule has 6 nitrogen and oxygen atoms in total. The second-order valence-corrected chi connectivity index (χ2v) is 4.62. The number of methoxy groups -OCH3 is 1. The Hall–Kier alpha value is -2.08. The number of carbonyl (C=O) groups is 2. The number of amides is 1. The second kappa shape index (κ2) is 8.26. The molecule has 0 bridgehead atoms. The van der Waals surface area contributed by atoms with E-state index < -0.39 is 6.04 Å². The van der Waals surface area contributed by atoms with Crippen molar-refractivity contribution in [3.05, 3.63) is 24.3 Å². The summed E-state index contributed by atoms with van der Waals surface area (Å²) >= 11 is 0. The summed E-state index contributed by atoms with van der Waals surface area (Å²) in [6, 6.07) is 6.62. The predicted octanol–water partition coefficient (Wildman–Crippen LogP) is 1.52. The number of anilines is 1. The van der Waals surface area contributed by atoms with Gasteiger partial charge in [-0.25, -0.2) is 0 Å². The maximum absolute atomic E-state index is 12.0. The number of hydrogen-bond donors (Lipinski definition) is 1. The Morgan fingerprint density at radius 3 is 2.71 bits per heavy atom. The number of rotatable bonds is 7. The summed E-state index contributed by atoms with van der Waals surface area (Å²) in [7, 11) is 3.27. The molecule has 0 heterocycles. The van der Waals surface area contributed by atoms with E-state index in [0.29, 0.717) is 18.0 Å². The Labute approximate surface area is 125 Å². The SMILES string of the molecule is CCOC(=O)C(C)N(C)CC(=O)Nc1cccc(OC)c1. The summed E-state index contributed by atoms with van der Waals surface area (Å²) in [6.07, 6.45) is 0. The molecule has 1 atom stereocenters. The van der Waals surface area contributed by atoms with Gasteiger partial charge in [-0.3, -0.25) is 14.5 Å². The van der Waals surface area contributed by atoms with Crippen LogP contribution in [0.4, 0.5) is 5.69 Å². The molecule has 0 spiro atoms. The average molecular weight is 294 g/mol. The van der Waals surface area contributed by atoms with Crippen molar-refractivity contribution in [2.45, 2.75) is 19.9 Å². The van der Waals surface area contributed by atoms with E-state index in [9.17, 15) is 9.59 Å². The summed E-state index contributed by atoms with van der Waals surface area (Å²) in [5.41, 5.74) is 0.650. The Morgan fingerprint density at radius 2 is 2.10 bits per heavy atom. The molecule has 0 saturated heterocycles. The van der Waals surface area contributed by atoms with Crippen molar-refractivity contribution in [3.63, 3.8) is 0 Å². The Balaban J connectivity index is 2.54. The molecule has 0 aliphatic heterocycles. The fourth-order valence-corrected chi connectivity index (χ4v) is 1.71. The van der Waals surface area contributed by atoms with Crippen LogP contribution in [-0.2, 0) is 14.3 Å². The first-order chi connectivity index (χ1) is 9.97. The quantitative estimate of drug-likeness (QED) is 0.772. The van der Waals surface area contributed by atoms with Gasteiger partial charge in [0.1, 0.15) is 11.8 Å². The second-order valence-electron chi connectivity index (χ2n) is 4.62. The number of hydrogen-bond acceptors (Lipinski definition) is 5. The van der Waals surface area contributed by atoms with Gasteiger partial charge in [0, 0.05) is 11.8 Å². The number of likely N-dealkylation sites (N-methyl/N-ethyl adjacent to an activating group) is 1. The van der Waals surface area contributed by atoms with Crippen molar-refractivity contribution in [2.24, 2.45) is 0 Å². The predicted molar refractivity (Wildman–Crippen MR) is 80.3 cm³/mol. The van der Waals surface area contributed by atoms with Gasteiger partial charge in [-0.05, 0) is 33.0 Å². The van der Waals surface area contributed by atoms with Gasteiger partial charge >= 0.3 is 5.97 Å². The van der Waals surface area contributed by atoms with E-state index in [-0.39, 0.29) is 18.4 Å². The largest absolute Gasteiger partial charge is 0.497 e. The molecule has 1 unspecified atom stereocenters. The van der Waals surface area contributed by atoms with Crippen molar-refractivity contribution in [2.75, 3.05) is 32.6 Å². The van der Waals surface area contributed by atoms with Crippen LogP contribution in [0.15, 0.2) is 24.3 Å². The number of benzene rings is 1. The highest BCUT2D eigenvalue weighted by Crippen LogP contribution is 2.16. The molecular weight excluding hydrogens is 272 g/mol. The van der Waals surface area contributed by atoms with Crippen LogP contribution in [0.2, 0.25) is 0 Å². The van der Waals surface area contributed by atoms with Crippen LogP contribution in [0.3, 0.4) is 0 Å². The van der Waals surface area contributed by atoms with E-state index in [1.807, 2.05) is 0 Å². The van der Waals surface area contributed by atoms with E-state index in [0.717, 1.165) is 0 Å². The molecule has 6 heteroatoms. The normalized spacial score (nSPS) is 11.9. The van der Waals surface area contributed by atoms with Crippen molar-refractivity contribution in [1.82, 2.24) is 4.90 Å². The first kappa shape index (κ1) is 17.0. The molecule has 1 amide bonds. The average Bonchev–Trinajstić information content (AvgIpc) is 2.46. The zero-order valence-corrected chi connectivity index (χ0v) is 12.9. The summed E-state index contributed by atoms with van der Waals surface area (Å²) < 4.78 is 10.0. The van der Waals surface area contributed by atoms with E-state index >= 15 is 0 Å². The summed E-state index contributed by atoms with van der Waals surface area (Å²) in [5.74, 6) is 0.122. The third-order valence-corrected chi connectivity index (χ3v) is 3.04. The minimum absolute atomic E-state index is 0.0944. The van der Waals surface area contributed by atoms with Crippen LogP contribution in [0.25, 0.3) is 0 Å². The van der Waals surface area contributed by atoms with Crippen molar-refractivity contribution >= 4 is 17.6 Å². The van der Waals surface area contributed by atoms with Gasteiger partial charge in [0.15, 0.2) is 0 Å². The highest BCUT2D eigenvalue weighted by Gasteiger charge is 2.21. The van der Waals surface area contributed by atoms with Crippen LogP contribution in [0, 0.1) is 0 Å². The van der Waals surface area contributed by atoms with Crippen LogP contribution >= 0.6 is 0 Å². The lowest BCUT2D eigenvalue weighted by atomic mass is 10.3. The molecule has 0 aliphatic rings. The molecule has 21 heavy (non-hydrogen) atoms. The number of esters is 1. The van der Waals surface area contributed by atoms with Gasteiger partial charge < -0.3 is 14.8 Å². The van der Waals surface area contributed by atoms with Gasteiger partial charge in [-0.1, -0.05) is 6.07 Å². The third kappa shape index (κ3) is 5.43. The molecule has 0 aliphatic carbocycles. The molecule has 1 N–H and O–H groups in total. The first-order valence-electron chi connectivity index (χ1n) is 6.78. The summed E-state index contributed by atoms with van der Waals surface area (Å²) in [5, 5.41) is 2.76. The van der Waals surface area contributed by atoms with Crippen molar-refractivity contribution in [1.29, 1.82) is 0 Å². The summed E-state index contributed by atoms with van der Waals surface area (Å²) in [6.45, 7) is 3.88. The van der Waals surface area contributed by atoms with E-state index in [1.165, 1.54) is 0 Å². The van der Waals surface area contributed by atoms with Crippen molar-refractivity contribution < 1.29 is 19.1 Å². The van der Waals surface area contributed by atoms with Gasteiger partial charge in [-0.15, -0.1) is 0 Å². The maximum Gasteiger partial charge on any atom is 0.323 e. The Kier molecular flexibility index (Phi) is 6.68. The minimum atomic E-state index is -0.471. The smallest absolute Gasteiger partial charge is 0.323 e. The maximum atomic E-state index is 12.0. The molecule has 0 radical (unpaired) electrons. The van der Waals surface area contributed by atoms with Crippen molar-refractivity contribution in [3.8, 4) is 5.75 Å². The topological polar surface area (TPSA) is 67.9 Å². The fraction of sp³-hybridized carbons (Fsp3) is 0.467. The number of nitrogens with zero attached hydrogens (tertiary/aromatic N) is 1. The zero-order valence-electron chi connectivity index (χ0n) is 12.9. The Morgan fingerprint density at radius 1 is 1.38 bits per heavy atom. The van der Waals surface area contributed by atoms with Crippen LogP contribution in [-0.4, -0.2) is 50.1 Å². The molecule has 116 valence electrons. The van der Waals surface area contributed by atoms with Crippen LogP contribution in [0.5, 0.6) is 5.75 Å². The third-order valence-electron chi connectivity index (χ3n) is 3.04. The molecule has 1 aromatic rings. The fourth-order valence-electron chi connectivity index (χ4n) is 1.71. The highest BCUT2D eigenvalue weighted by molar-refractivity contribution is 5.92. The lowest BCUT2D eigenvalue weighted by molar-refractivity contribution is -0.148. The Bertz CT molecular complexity index is 490. The monoisotopic (exact) mass is 294 g/mol. The van der Waals surface area contributed by atoms with Gasteiger partial charge in [-0.2, -0.15) is 0 Å². The van der Waals surface area contributed by atoms with Gasteiger partial charge in [0.05, 0.1) is 20.3 Å². The molecule has 0 saturated carbocycles. The standard InChI is InChI=1S/C15H22N2O4/c1-5-21-15(19)11(2)17(3)10-14(18)16-12-7-6-8-13(9-12)20-4/h6-9,11H,5,10H2,1-4H3,(H,16,18).